The lowest BCUT2D eigenvalue weighted by atomic mass is 10.0. The van der Waals surface area contributed by atoms with Gasteiger partial charge in [0.2, 0.25) is 5.91 Å². The zero-order valence-corrected chi connectivity index (χ0v) is 22.9. The first-order valence-electron chi connectivity index (χ1n) is 13.5. The molecule has 0 unspecified atom stereocenters. The van der Waals surface area contributed by atoms with Crippen molar-refractivity contribution in [2.45, 2.75) is 13.0 Å². The average Bonchev–Trinajstić information content (AvgIpc) is 2.99. The summed E-state index contributed by atoms with van der Waals surface area (Å²) >= 11 is 6.36. The van der Waals surface area contributed by atoms with Gasteiger partial charge < -0.3 is 10.2 Å². The lowest BCUT2D eigenvalue weighted by molar-refractivity contribution is -0.115. The van der Waals surface area contributed by atoms with Crippen LogP contribution in [-0.2, 0) is 17.8 Å². The van der Waals surface area contributed by atoms with E-state index in [0.717, 1.165) is 77.0 Å². The van der Waals surface area contributed by atoms with Crippen LogP contribution in [0, 0.1) is 0 Å². The number of rotatable bonds is 7. The first kappa shape index (κ1) is 26.0. The fourth-order valence-electron chi connectivity index (χ4n) is 5.07. The third-order valence-corrected chi connectivity index (χ3v) is 7.66. The molecule has 1 N–H and O–H groups in total. The molecular weight excluding hydrogens is 518 g/mol. The predicted octanol–water partition coefficient (Wildman–Crippen LogP) is 6.45. The average molecular weight is 548 g/mol. The molecule has 2 heterocycles. The molecule has 1 saturated heterocycles. The van der Waals surface area contributed by atoms with Crippen LogP contribution in [0.2, 0.25) is 5.02 Å². The van der Waals surface area contributed by atoms with Gasteiger partial charge in [0.15, 0.2) is 0 Å². The van der Waals surface area contributed by atoms with E-state index in [9.17, 15) is 4.79 Å². The van der Waals surface area contributed by atoms with Crippen molar-refractivity contribution in [2.75, 3.05) is 36.4 Å². The van der Waals surface area contributed by atoms with Gasteiger partial charge in [-0.3, -0.25) is 14.7 Å². The van der Waals surface area contributed by atoms with Crippen LogP contribution in [0.4, 0.5) is 11.5 Å². The Morgan fingerprint density at radius 1 is 0.800 bits per heavy atom. The summed E-state index contributed by atoms with van der Waals surface area (Å²) in [5.74, 6) is 0.871. The summed E-state index contributed by atoms with van der Waals surface area (Å²) in [4.78, 5) is 26.8. The van der Waals surface area contributed by atoms with Gasteiger partial charge in [0.1, 0.15) is 5.82 Å². The molecule has 1 aromatic heterocycles. The van der Waals surface area contributed by atoms with Crippen molar-refractivity contribution in [2.24, 2.45) is 0 Å². The van der Waals surface area contributed by atoms with Crippen LogP contribution in [0.3, 0.4) is 0 Å². The lowest BCUT2D eigenvalue weighted by Gasteiger charge is -2.35. The summed E-state index contributed by atoms with van der Waals surface area (Å²) in [6.45, 7) is 4.53. The maximum Gasteiger partial charge on any atom is 0.228 e. The molecule has 1 fully saturated rings. The number of aromatic nitrogens is 2. The Labute approximate surface area is 239 Å². The van der Waals surface area contributed by atoms with E-state index in [2.05, 4.69) is 38.3 Å². The predicted molar refractivity (Wildman–Crippen MR) is 163 cm³/mol. The molecule has 40 heavy (non-hydrogen) atoms. The lowest BCUT2D eigenvalue weighted by Crippen LogP contribution is -2.46. The Kier molecular flexibility index (Phi) is 7.71. The largest absolute Gasteiger partial charge is 0.353 e. The minimum atomic E-state index is -0.0304. The van der Waals surface area contributed by atoms with Gasteiger partial charge in [-0.25, -0.2) is 4.98 Å². The van der Waals surface area contributed by atoms with Crippen LogP contribution < -0.4 is 10.2 Å². The number of hydrogen-bond acceptors (Lipinski definition) is 5. The molecule has 1 amide bonds. The fraction of sp³-hybridized carbons (Fsp3) is 0.182. The maximum absolute atomic E-state index is 12.4. The number of nitrogens with one attached hydrogen (secondary N) is 1. The third-order valence-electron chi connectivity index (χ3n) is 7.29. The van der Waals surface area contributed by atoms with E-state index in [1.807, 2.05) is 85.1 Å². The van der Waals surface area contributed by atoms with Crippen LogP contribution >= 0.6 is 11.6 Å². The molecule has 1 aliphatic heterocycles. The Morgan fingerprint density at radius 2 is 1.52 bits per heavy atom. The van der Waals surface area contributed by atoms with E-state index in [1.54, 1.807) is 0 Å². The van der Waals surface area contributed by atoms with Gasteiger partial charge in [-0.15, -0.1) is 0 Å². The number of hydrogen-bond donors (Lipinski definition) is 1. The molecular formula is C33H30ClN5O. The van der Waals surface area contributed by atoms with Gasteiger partial charge in [-0.05, 0) is 52.6 Å². The number of nitrogens with zero attached hydrogens (tertiary/aromatic N) is 4. The van der Waals surface area contributed by atoms with Crippen LogP contribution in [-0.4, -0.2) is 47.0 Å². The van der Waals surface area contributed by atoms with Crippen molar-refractivity contribution in [3.63, 3.8) is 0 Å². The molecule has 7 heteroatoms. The molecule has 0 atom stereocenters. The first-order chi connectivity index (χ1) is 19.6. The van der Waals surface area contributed by atoms with Gasteiger partial charge in [0, 0.05) is 43.4 Å². The molecule has 0 spiro atoms. The summed E-state index contributed by atoms with van der Waals surface area (Å²) in [7, 11) is 0. The van der Waals surface area contributed by atoms with E-state index in [-0.39, 0.29) is 5.91 Å². The number of halogens is 1. The van der Waals surface area contributed by atoms with E-state index in [0.29, 0.717) is 6.42 Å². The van der Waals surface area contributed by atoms with Crippen molar-refractivity contribution >= 4 is 40.0 Å². The standard InChI is InChI=1S/C33H30ClN5O/c34-29-9-5-4-8-27(29)23-38-16-18-39(19-17-38)32-22-35-30-15-12-26(21-31(30)37-32)25-10-13-28(14-11-25)36-33(40)20-24-6-2-1-3-7-24/h1-15,21-22H,16-20,23H2,(H,36,40). The van der Waals surface area contributed by atoms with E-state index < -0.39 is 0 Å². The van der Waals surface area contributed by atoms with Crippen molar-refractivity contribution in [1.82, 2.24) is 14.9 Å². The summed E-state index contributed by atoms with van der Waals surface area (Å²) in [5.41, 5.74) is 6.80. The quantitative estimate of drug-likeness (QED) is 0.253. The highest BCUT2D eigenvalue weighted by molar-refractivity contribution is 6.31. The second kappa shape index (κ2) is 11.9. The SMILES string of the molecule is O=C(Cc1ccccc1)Nc1ccc(-c2ccc3ncc(N4CCN(Cc5ccccc5Cl)CC4)nc3c2)cc1. The van der Waals surface area contributed by atoms with Crippen LogP contribution in [0.5, 0.6) is 0 Å². The Hall–Kier alpha value is -4.26. The van der Waals surface area contributed by atoms with Crippen molar-refractivity contribution in [1.29, 1.82) is 0 Å². The molecule has 0 radical (unpaired) electrons. The summed E-state index contributed by atoms with van der Waals surface area (Å²) < 4.78 is 0. The molecule has 0 saturated carbocycles. The summed E-state index contributed by atoms with van der Waals surface area (Å²) in [6.07, 6.45) is 2.23. The second-order valence-corrected chi connectivity index (χ2v) is 10.5. The van der Waals surface area contributed by atoms with Gasteiger partial charge in [0.25, 0.3) is 0 Å². The van der Waals surface area contributed by atoms with Crippen molar-refractivity contribution in [3.8, 4) is 11.1 Å². The minimum absolute atomic E-state index is 0.0304. The monoisotopic (exact) mass is 547 g/mol. The number of amides is 1. The van der Waals surface area contributed by atoms with Crippen LogP contribution in [0.15, 0.2) is 103 Å². The van der Waals surface area contributed by atoms with Crippen molar-refractivity contribution < 1.29 is 4.79 Å². The van der Waals surface area contributed by atoms with Crippen LogP contribution in [0.1, 0.15) is 11.1 Å². The zero-order valence-electron chi connectivity index (χ0n) is 22.1. The van der Waals surface area contributed by atoms with Crippen LogP contribution in [0.25, 0.3) is 22.2 Å². The van der Waals surface area contributed by atoms with E-state index in [1.165, 1.54) is 5.56 Å². The van der Waals surface area contributed by atoms with Crippen molar-refractivity contribution in [3.05, 3.63) is 119 Å². The minimum Gasteiger partial charge on any atom is -0.353 e. The third kappa shape index (κ3) is 6.14. The fourth-order valence-corrected chi connectivity index (χ4v) is 5.26. The molecule has 0 aliphatic carbocycles. The highest BCUT2D eigenvalue weighted by atomic mass is 35.5. The zero-order chi connectivity index (χ0) is 27.3. The van der Waals surface area contributed by atoms with Gasteiger partial charge in [-0.1, -0.05) is 78.3 Å². The first-order valence-corrected chi connectivity index (χ1v) is 13.9. The number of fused-ring (bicyclic) bond motifs is 1. The number of carbonyl (C=O) groups is 1. The number of piperazine rings is 1. The number of anilines is 2. The maximum atomic E-state index is 12.4. The Bertz CT molecular complexity index is 1620. The molecule has 1 aliphatic rings. The molecule has 0 bridgehead atoms. The Balaban J connectivity index is 1.10. The van der Waals surface area contributed by atoms with Gasteiger partial charge in [0.05, 0.1) is 23.7 Å². The van der Waals surface area contributed by atoms with Gasteiger partial charge in [-0.2, -0.15) is 0 Å². The van der Waals surface area contributed by atoms with E-state index in [4.69, 9.17) is 16.6 Å². The van der Waals surface area contributed by atoms with Gasteiger partial charge >= 0.3 is 0 Å². The summed E-state index contributed by atoms with van der Waals surface area (Å²) in [5, 5.41) is 3.81. The molecule has 200 valence electrons. The highest BCUT2D eigenvalue weighted by Gasteiger charge is 2.19. The molecule has 6 rings (SSSR count). The Morgan fingerprint density at radius 3 is 2.30 bits per heavy atom. The molecule has 6 nitrogen and oxygen atoms in total. The van der Waals surface area contributed by atoms with E-state index >= 15 is 0 Å². The smallest absolute Gasteiger partial charge is 0.228 e. The molecule has 5 aromatic rings. The number of carbonyl (C=O) groups excluding carboxylic acids is 1. The molecule has 4 aromatic carbocycles. The normalized spacial score (nSPS) is 13.9. The second-order valence-electron chi connectivity index (χ2n) is 10.1. The summed E-state index contributed by atoms with van der Waals surface area (Å²) in [6, 6.07) is 31.9. The number of benzene rings is 4. The topological polar surface area (TPSA) is 61.4 Å². The highest BCUT2D eigenvalue weighted by Crippen LogP contribution is 2.26.